The summed E-state index contributed by atoms with van der Waals surface area (Å²) in [6.45, 7) is 4.15. The van der Waals surface area contributed by atoms with Gasteiger partial charge in [-0.05, 0) is 44.9 Å². The van der Waals surface area contributed by atoms with Crippen molar-refractivity contribution in [3.8, 4) is 22.8 Å². The number of benzene rings is 1. The minimum Gasteiger partial charge on any atom is -0.364 e. The van der Waals surface area contributed by atoms with Gasteiger partial charge in [-0.1, -0.05) is 11.2 Å². The third kappa shape index (κ3) is 3.90. The van der Waals surface area contributed by atoms with Gasteiger partial charge in [0.25, 0.3) is 11.8 Å². The lowest BCUT2D eigenvalue weighted by Gasteiger charge is -2.32. The first-order chi connectivity index (χ1) is 15.4. The molecule has 0 saturated carbocycles. The van der Waals surface area contributed by atoms with Crippen molar-refractivity contribution in [1.82, 2.24) is 30.4 Å². The van der Waals surface area contributed by atoms with E-state index in [4.69, 9.17) is 9.26 Å². The van der Waals surface area contributed by atoms with E-state index in [2.05, 4.69) is 30.4 Å². The highest BCUT2D eigenvalue weighted by molar-refractivity contribution is 5.92. The Balaban J connectivity index is 1.36. The second-order valence-electron chi connectivity index (χ2n) is 8.13. The van der Waals surface area contributed by atoms with E-state index in [1.54, 1.807) is 6.92 Å². The number of aromatic amines is 2. The molecule has 1 aromatic carbocycles. The van der Waals surface area contributed by atoms with Gasteiger partial charge in [-0.2, -0.15) is 4.98 Å². The summed E-state index contributed by atoms with van der Waals surface area (Å²) >= 11 is 0. The Morgan fingerprint density at radius 2 is 2.09 bits per heavy atom. The van der Waals surface area contributed by atoms with Crippen molar-refractivity contribution in [2.24, 2.45) is 0 Å². The third-order valence-electron chi connectivity index (χ3n) is 5.61. The number of carbonyl (C=O) groups excluding carboxylic acids is 1. The smallest absolute Gasteiger partial charge is 0.287 e. The van der Waals surface area contributed by atoms with Gasteiger partial charge < -0.3 is 29.7 Å². The highest BCUT2D eigenvalue weighted by atomic mass is 16.6. The highest BCUT2D eigenvalue weighted by Gasteiger charge is 2.31. The topological polar surface area (TPSA) is 142 Å². The predicted molar refractivity (Wildman–Crippen MR) is 116 cm³/mol. The quantitative estimate of drug-likeness (QED) is 0.377. The SMILES string of the molecule is Cc1noc(-c2cc3cc(-c4nc(C(=O)NCC5(O)CCCCO5)[nH]c4C)ccc3[nH]2)n1. The maximum Gasteiger partial charge on any atom is 0.287 e. The van der Waals surface area contributed by atoms with Crippen LogP contribution in [0.25, 0.3) is 33.7 Å². The molecule has 0 bridgehead atoms. The molecule has 4 heterocycles. The van der Waals surface area contributed by atoms with Crippen LogP contribution in [0.1, 0.15) is 41.4 Å². The first-order valence-electron chi connectivity index (χ1n) is 10.6. The molecule has 1 saturated heterocycles. The molecule has 1 fully saturated rings. The molecule has 32 heavy (non-hydrogen) atoms. The number of imidazole rings is 1. The number of H-pyrrole nitrogens is 2. The first-order valence-corrected chi connectivity index (χ1v) is 10.6. The van der Waals surface area contributed by atoms with Crippen LogP contribution in [-0.4, -0.2) is 55.0 Å². The van der Waals surface area contributed by atoms with Gasteiger partial charge in [0, 0.05) is 28.6 Å². The van der Waals surface area contributed by atoms with E-state index >= 15 is 0 Å². The summed E-state index contributed by atoms with van der Waals surface area (Å²) in [5, 5.41) is 17.9. The van der Waals surface area contributed by atoms with Crippen LogP contribution in [0, 0.1) is 13.8 Å². The van der Waals surface area contributed by atoms with E-state index in [1.165, 1.54) is 0 Å². The van der Waals surface area contributed by atoms with Gasteiger partial charge in [0.2, 0.25) is 0 Å². The van der Waals surface area contributed by atoms with Crippen molar-refractivity contribution in [1.29, 1.82) is 0 Å². The zero-order valence-corrected chi connectivity index (χ0v) is 17.9. The molecular weight excluding hydrogens is 412 g/mol. The molecule has 1 amide bonds. The summed E-state index contributed by atoms with van der Waals surface area (Å²) in [6.07, 6.45) is 2.28. The molecule has 166 valence electrons. The van der Waals surface area contributed by atoms with Crippen LogP contribution < -0.4 is 5.32 Å². The maximum absolute atomic E-state index is 12.6. The minimum absolute atomic E-state index is 0.0220. The van der Waals surface area contributed by atoms with Crippen molar-refractivity contribution in [2.45, 2.75) is 38.9 Å². The Hall–Kier alpha value is -3.50. The van der Waals surface area contributed by atoms with Crippen molar-refractivity contribution in [3.05, 3.63) is 41.6 Å². The summed E-state index contributed by atoms with van der Waals surface area (Å²) in [5.74, 6) is -0.517. The number of nitrogens with one attached hydrogen (secondary N) is 3. The Morgan fingerprint density at radius 3 is 2.84 bits per heavy atom. The van der Waals surface area contributed by atoms with Crippen LogP contribution >= 0.6 is 0 Å². The molecular formula is C22H24N6O4. The number of carbonyl (C=O) groups is 1. The second kappa shape index (κ2) is 7.88. The van der Waals surface area contributed by atoms with Crippen LogP contribution in [0.15, 0.2) is 28.8 Å². The summed E-state index contributed by atoms with van der Waals surface area (Å²) in [5.41, 5.74) is 3.98. The molecule has 4 aromatic rings. The molecule has 0 radical (unpaired) electrons. The molecule has 0 spiro atoms. The molecule has 4 N–H and O–H groups in total. The Labute approximate surface area is 183 Å². The van der Waals surface area contributed by atoms with Crippen molar-refractivity contribution in [2.75, 3.05) is 13.2 Å². The van der Waals surface area contributed by atoms with Gasteiger partial charge in [-0.15, -0.1) is 0 Å². The Kier molecular flexibility index (Phi) is 5.03. The Bertz CT molecular complexity index is 1280. The van der Waals surface area contributed by atoms with Gasteiger partial charge in [0.15, 0.2) is 17.4 Å². The number of aromatic nitrogens is 5. The van der Waals surface area contributed by atoms with Crippen molar-refractivity contribution in [3.63, 3.8) is 0 Å². The van der Waals surface area contributed by atoms with Crippen LogP contribution in [0.4, 0.5) is 0 Å². The van der Waals surface area contributed by atoms with Crippen LogP contribution in [-0.2, 0) is 4.74 Å². The maximum atomic E-state index is 12.6. The monoisotopic (exact) mass is 436 g/mol. The molecule has 1 atom stereocenters. The lowest BCUT2D eigenvalue weighted by atomic mass is 10.1. The molecule has 10 nitrogen and oxygen atoms in total. The minimum atomic E-state index is -1.31. The summed E-state index contributed by atoms with van der Waals surface area (Å²) in [4.78, 5) is 27.7. The lowest BCUT2D eigenvalue weighted by Crippen LogP contribution is -2.47. The van der Waals surface area contributed by atoms with Crippen LogP contribution in [0.5, 0.6) is 0 Å². The number of aryl methyl sites for hydroxylation is 2. The fourth-order valence-electron chi connectivity index (χ4n) is 3.93. The Morgan fingerprint density at radius 1 is 1.22 bits per heavy atom. The average Bonchev–Trinajstić information content (AvgIpc) is 3.50. The average molecular weight is 436 g/mol. The van der Waals surface area contributed by atoms with E-state index in [0.29, 0.717) is 30.4 Å². The fourth-order valence-corrected chi connectivity index (χ4v) is 3.93. The fraction of sp³-hybridized carbons (Fsp3) is 0.364. The van der Waals surface area contributed by atoms with E-state index in [9.17, 15) is 9.90 Å². The van der Waals surface area contributed by atoms with Gasteiger partial charge in [0.1, 0.15) is 5.69 Å². The predicted octanol–water partition coefficient (Wildman–Crippen LogP) is 2.84. The van der Waals surface area contributed by atoms with Crippen LogP contribution in [0.3, 0.4) is 0 Å². The third-order valence-corrected chi connectivity index (χ3v) is 5.61. The molecule has 1 aliphatic heterocycles. The second-order valence-corrected chi connectivity index (χ2v) is 8.13. The first kappa shape index (κ1) is 20.4. The zero-order chi connectivity index (χ0) is 22.3. The number of hydrogen-bond acceptors (Lipinski definition) is 7. The van der Waals surface area contributed by atoms with Crippen LogP contribution in [0.2, 0.25) is 0 Å². The number of aliphatic hydroxyl groups is 1. The molecule has 1 aliphatic rings. The standard InChI is InChI=1S/C22H24N6O4/c1-12-18(27-19(24-12)20(29)23-11-22(30)7-3-4-8-31-22)14-5-6-16-15(9-14)10-17(26-16)21-25-13(2)28-32-21/h5-6,9-10,26,30H,3-4,7-8,11H2,1-2H3,(H,23,29)(H,24,27). The largest absolute Gasteiger partial charge is 0.364 e. The summed E-state index contributed by atoms with van der Waals surface area (Å²) in [7, 11) is 0. The highest BCUT2D eigenvalue weighted by Crippen LogP contribution is 2.29. The number of ether oxygens (including phenoxy) is 1. The van der Waals surface area contributed by atoms with E-state index < -0.39 is 11.7 Å². The van der Waals surface area contributed by atoms with Gasteiger partial charge in [-0.3, -0.25) is 4.79 Å². The number of rotatable bonds is 5. The van der Waals surface area contributed by atoms with Gasteiger partial charge >= 0.3 is 0 Å². The lowest BCUT2D eigenvalue weighted by molar-refractivity contribution is -0.219. The summed E-state index contributed by atoms with van der Waals surface area (Å²) < 4.78 is 10.7. The molecule has 5 rings (SSSR count). The number of nitrogens with zero attached hydrogens (tertiary/aromatic N) is 3. The molecule has 1 unspecified atom stereocenters. The molecule has 0 aliphatic carbocycles. The number of fused-ring (bicyclic) bond motifs is 1. The van der Waals surface area contributed by atoms with Gasteiger partial charge in [-0.25, -0.2) is 4.98 Å². The van der Waals surface area contributed by atoms with E-state index in [-0.39, 0.29) is 12.4 Å². The molecule has 10 heteroatoms. The van der Waals surface area contributed by atoms with Gasteiger partial charge in [0.05, 0.1) is 18.8 Å². The van der Waals surface area contributed by atoms with Crippen molar-refractivity contribution < 1.29 is 19.2 Å². The molecule has 3 aromatic heterocycles. The normalized spacial score (nSPS) is 18.8. The number of amides is 1. The zero-order valence-electron chi connectivity index (χ0n) is 17.9. The van der Waals surface area contributed by atoms with E-state index in [0.717, 1.165) is 40.7 Å². The summed E-state index contributed by atoms with van der Waals surface area (Å²) in [6, 6.07) is 7.81. The van der Waals surface area contributed by atoms with Crippen molar-refractivity contribution >= 4 is 16.8 Å². The van der Waals surface area contributed by atoms with E-state index in [1.807, 2.05) is 31.2 Å². The number of hydrogen-bond donors (Lipinski definition) is 4.